The second kappa shape index (κ2) is 14.1. The molecule has 14 heteroatoms. The van der Waals surface area contributed by atoms with Crippen LogP contribution in [0, 0.1) is 0 Å². The smallest absolute Gasteiger partial charge is 0.326 e. The Morgan fingerprint density at radius 3 is 2.04 bits per heavy atom. The van der Waals surface area contributed by atoms with Gasteiger partial charge in [0.15, 0.2) is 9.84 Å². The number of aliphatic hydroxyl groups excluding tert-OH is 2. The van der Waals surface area contributed by atoms with Crippen LogP contribution >= 0.6 is 34.8 Å². The molecule has 2 N–H and O–H groups in total. The molecule has 2 aliphatic heterocycles. The molecule has 3 atom stereocenters. The minimum atomic E-state index is -3.79. The maximum absolute atomic E-state index is 15.0. The van der Waals surface area contributed by atoms with E-state index in [1.54, 1.807) is 41.0 Å². The van der Waals surface area contributed by atoms with E-state index in [0.717, 1.165) is 17.4 Å². The van der Waals surface area contributed by atoms with E-state index in [-0.39, 0.29) is 52.9 Å². The molecule has 2 heterocycles. The third kappa shape index (κ3) is 6.79. The van der Waals surface area contributed by atoms with E-state index in [4.69, 9.17) is 44.5 Å². The van der Waals surface area contributed by atoms with Gasteiger partial charge in [-0.05, 0) is 62.2 Å². The molecule has 2 aliphatic rings. The van der Waals surface area contributed by atoms with E-state index in [2.05, 4.69) is 0 Å². The van der Waals surface area contributed by atoms with Gasteiger partial charge in [0.25, 0.3) is 0 Å². The fourth-order valence-corrected chi connectivity index (χ4v) is 8.03. The van der Waals surface area contributed by atoms with Crippen molar-refractivity contribution in [2.45, 2.75) is 42.8 Å². The van der Waals surface area contributed by atoms with E-state index in [9.17, 15) is 18.6 Å². The van der Waals surface area contributed by atoms with Crippen molar-refractivity contribution in [2.24, 2.45) is 4.99 Å². The first-order valence-electron chi connectivity index (χ1n) is 15.5. The van der Waals surface area contributed by atoms with Gasteiger partial charge in [0.05, 0.1) is 34.8 Å². The zero-order valence-electron chi connectivity index (χ0n) is 27.2. The molecule has 1 unspecified atom stereocenters. The number of carbonyl (C=O) groups is 1. The lowest BCUT2D eigenvalue weighted by atomic mass is 9.71. The number of rotatable bonds is 9. The Hall–Kier alpha value is -2.90. The number of hydrogen-bond acceptors (Lipinski definition) is 8. The van der Waals surface area contributed by atoms with Crippen molar-refractivity contribution in [1.29, 1.82) is 0 Å². The van der Waals surface area contributed by atoms with Crippen molar-refractivity contribution in [1.82, 2.24) is 14.7 Å². The maximum Gasteiger partial charge on any atom is 0.326 e. The van der Waals surface area contributed by atoms with Crippen molar-refractivity contribution < 1.29 is 28.2 Å². The number of hydrogen-bond donors (Lipinski definition) is 2. The monoisotopic (exact) mass is 736 g/mol. The van der Waals surface area contributed by atoms with Crippen molar-refractivity contribution >= 4 is 56.5 Å². The molecule has 0 aliphatic carbocycles. The maximum atomic E-state index is 15.0. The standard InChI is InChI=1S/C34H39Cl3N4O6S/c1-5-47-29-19-28(37)30(48(4,45)46)18-27(29)31-38-33(2,22-6-10-24(35)11-7-22)34(3,23-8-12-25(36)13-9-23)41(31)32(44)40-16-14-39(15-17-40)20-26(43)21-42/h6-13,18-19,26,42-43H,5,14-17,20-21H2,1-4H3/t26?,33-,34+/m0/s1. The molecule has 10 nitrogen and oxygen atoms in total. The summed E-state index contributed by atoms with van der Waals surface area (Å²) in [5.74, 6) is 0.478. The number of aliphatic imine (C=N–C) groups is 1. The van der Waals surface area contributed by atoms with Gasteiger partial charge in [-0.2, -0.15) is 0 Å². The number of amidine groups is 1. The summed E-state index contributed by atoms with van der Waals surface area (Å²) in [5, 5.41) is 20.4. The Balaban J connectivity index is 1.76. The molecule has 0 aromatic heterocycles. The van der Waals surface area contributed by atoms with Crippen molar-refractivity contribution in [2.75, 3.05) is 52.2 Å². The van der Waals surface area contributed by atoms with Gasteiger partial charge in [-0.15, -0.1) is 0 Å². The van der Waals surface area contributed by atoms with Gasteiger partial charge in [0.2, 0.25) is 0 Å². The number of urea groups is 1. The zero-order chi connectivity index (χ0) is 35.0. The molecule has 48 heavy (non-hydrogen) atoms. The van der Waals surface area contributed by atoms with Crippen molar-refractivity contribution in [3.63, 3.8) is 0 Å². The minimum absolute atomic E-state index is 0.0108. The molecule has 3 aromatic rings. The first-order valence-corrected chi connectivity index (χ1v) is 18.6. The lowest BCUT2D eigenvalue weighted by Crippen LogP contribution is -2.61. The number of carbonyl (C=O) groups excluding carboxylic acids is 1. The lowest BCUT2D eigenvalue weighted by Gasteiger charge is -2.47. The molecule has 3 aromatic carbocycles. The fourth-order valence-electron chi connectivity index (χ4n) is 6.46. The highest BCUT2D eigenvalue weighted by Gasteiger charge is 2.60. The Morgan fingerprint density at radius 2 is 1.52 bits per heavy atom. The number of ether oxygens (including phenoxy) is 1. The van der Waals surface area contributed by atoms with Crippen molar-refractivity contribution in [3.05, 3.63) is 92.4 Å². The summed E-state index contributed by atoms with van der Waals surface area (Å²) in [6.07, 6.45) is 0.185. The average Bonchev–Trinajstić information content (AvgIpc) is 3.29. The predicted octanol–water partition coefficient (Wildman–Crippen LogP) is 5.43. The lowest BCUT2D eigenvalue weighted by molar-refractivity contribution is 0.0390. The molecule has 0 spiro atoms. The Labute approximate surface area is 296 Å². The number of benzene rings is 3. The van der Waals surface area contributed by atoms with Gasteiger partial charge in [0, 0.05) is 55.1 Å². The van der Waals surface area contributed by atoms with Crippen LogP contribution in [0.5, 0.6) is 5.75 Å². The summed E-state index contributed by atoms with van der Waals surface area (Å²) < 4.78 is 31.9. The highest BCUT2D eigenvalue weighted by Crippen LogP contribution is 2.54. The summed E-state index contributed by atoms with van der Waals surface area (Å²) in [6, 6.07) is 17.0. The van der Waals surface area contributed by atoms with E-state index >= 15 is 4.79 Å². The van der Waals surface area contributed by atoms with E-state index in [1.807, 2.05) is 43.0 Å². The van der Waals surface area contributed by atoms with Crippen LogP contribution in [0.4, 0.5) is 4.79 Å². The van der Waals surface area contributed by atoms with Crippen LogP contribution in [0.1, 0.15) is 37.5 Å². The predicted molar refractivity (Wildman–Crippen MR) is 188 cm³/mol. The SMILES string of the molecule is CCOc1cc(Cl)c(S(C)(=O)=O)cc1C1=N[C@@](C)(c2ccc(Cl)cc2)[C@@](C)(c2ccc(Cl)cc2)N1C(=O)N1CCN(CC(O)CO)CC1. The zero-order valence-corrected chi connectivity index (χ0v) is 30.2. The Bertz CT molecular complexity index is 1800. The number of sulfone groups is 1. The normalized spacial score (nSPS) is 22.5. The van der Waals surface area contributed by atoms with Gasteiger partial charge in [-0.25, -0.2) is 13.2 Å². The quantitative estimate of drug-likeness (QED) is 0.300. The van der Waals surface area contributed by atoms with Gasteiger partial charge in [-0.1, -0.05) is 59.1 Å². The summed E-state index contributed by atoms with van der Waals surface area (Å²) in [7, 11) is -3.79. The van der Waals surface area contributed by atoms with E-state index < -0.39 is 27.0 Å². The van der Waals surface area contributed by atoms with Crippen LogP contribution in [-0.4, -0.2) is 103 Å². The van der Waals surface area contributed by atoms with Gasteiger partial charge in [-0.3, -0.25) is 14.8 Å². The first kappa shape index (κ1) is 36.4. The summed E-state index contributed by atoms with van der Waals surface area (Å²) in [4.78, 5) is 25.6. The highest BCUT2D eigenvalue weighted by atomic mass is 35.5. The third-order valence-corrected chi connectivity index (χ3v) is 11.3. The summed E-state index contributed by atoms with van der Waals surface area (Å²) >= 11 is 19.2. The van der Waals surface area contributed by atoms with Gasteiger partial charge in [0.1, 0.15) is 22.7 Å². The topological polar surface area (TPSA) is 123 Å². The number of β-amino-alcohol motifs (C(OH)–C–C–N with tert-alkyl or cyclic N) is 1. The van der Waals surface area contributed by atoms with Crippen LogP contribution in [0.25, 0.3) is 0 Å². The second-order valence-corrected chi connectivity index (χ2v) is 15.6. The Morgan fingerprint density at radius 1 is 0.958 bits per heavy atom. The first-order chi connectivity index (χ1) is 22.6. The number of aliphatic hydroxyl groups is 2. The van der Waals surface area contributed by atoms with Crippen LogP contribution in [0.15, 0.2) is 70.6 Å². The molecule has 2 amide bonds. The molecule has 0 saturated carbocycles. The van der Waals surface area contributed by atoms with E-state index in [0.29, 0.717) is 36.2 Å². The van der Waals surface area contributed by atoms with Crippen LogP contribution in [0.2, 0.25) is 15.1 Å². The fraction of sp³-hybridized carbons (Fsp3) is 0.412. The number of amides is 2. The molecule has 1 fully saturated rings. The highest BCUT2D eigenvalue weighted by molar-refractivity contribution is 7.90. The molecular formula is C34H39Cl3N4O6S. The third-order valence-electron chi connectivity index (χ3n) is 9.24. The Kier molecular flexibility index (Phi) is 10.7. The minimum Gasteiger partial charge on any atom is -0.493 e. The molecule has 258 valence electrons. The number of piperazine rings is 1. The van der Waals surface area contributed by atoms with Crippen molar-refractivity contribution in [3.8, 4) is 5.75 Å². The molecule has 0 bridgehead atoms. The summed E-state index contributed by atoms with van der Waals surface area (Å²) in [5.41, 5.74) is -0.557. The second-order valence-electron chi connectivity index (χ2n) is 12.3. The van der Waals surface area contributed by atoms with Gasteiger partial charge >= 0.3 is 6.03 Å². The van der Waals surface area contributed by atoms with E-state index in [1.165, 1.54) is 12.1 Å². The molecule has 0 radical (unpaired) electrons. The van der Waals surface area contributed by atoms with Crippen LogP contribution < -0.4 is 4.74 Å². The number of nitrogens with zero attached hydrogens (tertiary/aromatic N) is 4. The number of halogens is 3. The van der Waals surface area contributed by atoms with Gasteiger partial charge < -0.3 is 19.8 Å². The molecule has 1 saturated heterocycles. The molecule has 5 rings (SSSR count). The molecular weight excluding hydrogens is 699 g/mol. The van der Waals surface area contributed by atoms with Crippen LogP contribution in [-0.2, 0) is 20.9 Å². The van der Waals surface area contributed by atoms with Crippen LogP contribution in [0.3, 0.4) is 0 Å². The average molecular weight is 738 g/mol. The summed E-state index contributed by atoms with van der Waals surface area (Å²) in [6.45, 7) is 7.44. The largest absolute Gasteiger partial charge is 0.493 e.